The molecule has 0 radical (unpaired) electrons. The number of halogens is 1. The van der Waals surface area contributed by atoms with Crippen LogP contribution in [0.15, 0.2) is 18.2 Å². The number of anilines is 1. The summed E-state index contributed by atoms with van der Waals surface area (Å²) in [6, 6.07) is 3.43. The number of nitro benzene ring substituents is 1. The fraction of sp³-hybridized carbons (Fsp3) is 0.500. The van der Waals surface area contributed by atoms with E-state index in [0.29, 0.717) is 11.8 Å². The largest absolute Gasteiger partial charge is 0.326 e. The van der Waals surface area contributed by atoms with Crippen LogP contribution in [0.1, 0.15) is 25.7 Å². The number of fused-ring (bicyclic) bond motifs is 2. The van der Waals surface area contributed by atoms with Crippen LogP contribution in [0.2, 0.25) is 0 Å². The van der Waals surface area contributed by atoms with Crippen LogP contribution < -0.4 is 5.32 Å². The number of amides is 1. The SMILES string of the molecule is O=C(Nc1ccc(F)c([N+](=O)[O-])c1)[C@@H]1C[C@H]2CC[C@H]1C2. The van der Waals surface area contributed by atoms with Crippen LogP contribution in [0.4, 0.5) is 15.8 Å². The van der Waals surface area contributed by atoms with Crippen molar-refractivity contribution in [3.63, 3.8) is 0 Å². The molecule has 1 aromatic rings. The van der Waals surface area contributed by atoms with Crippen molar-refractivity contribution in [2.24, 2.45) is 17.8 Å². The van der Waals surface area contributed by atoms with Crippen molar-refractivity contribution in [2.75, 3.05) is 5.32 Å². The van der Waals surface area contributed by atoms with Crippen molar-refractivity contribution in [1.29, 1.82) is 0 Å². The molecule has 106 valence electrons. The maximum absolute atomic E-state index is 13.2. The molecule has 0 aromatic heterocycles. The number of hydrogen-bond donors (Lipinski definition) is 1. The third kappa shape index (κ3) is 2.26. The van der Waals surface area contributed by atoms with Gasteiger partial charge in [-0.2, -0.15) is 4.39 Å². The lowest BCUT2D eigenvalue weighted by Crippen LogP contribution is -2.27. The van der Waals surface area contributed by atoms with E-state index in [2.05, 4.69) is 5.32 Å². The predicted octanol–water partition coefficient (Wildman–Crippen LogP) is 3.11. The van der Waals surface area contributed by atoms with Gasteiger partial charge in [0.1, 0.15) is 0 Å². The van der Waals surface area contributed by atoms with Crippen LogP contribution in [0, 0.1) is 33.7 Å². The molecule has 2 aliphatic rings. The highest BCUT2D eigenvalue weighted by Gasteiger charge is 2.43. The van der Waals surface area contributed by atoms with Gasteiger partial charge in [0.25, 0.3) is 0 Å². The summed E-state index contributed by atoms with van der Waals surface area (Å²) in [4.78, 5) is 22.1. The lowest BCUT2D eigenvalue weighted by Gasteiger charge is -2.20. The van der Waals surface area contributed by atoms with Crippen molar-refractivity contribution in [1.82, 2.24) is 0 Å². The molecule has 3 rings (SSSR count). The van der Waals surface area contributed by atoms with Gasteiger partial charge in [0.05, 0.1) is 4.92 Å². The Morgan fingerprint density at radius 1 is 1.35 bits per heavy atom. The van der Waals surface area contributed by atoms with Gasteiger partial charge in [0.2, 0.25) is 11.7 Å². The van der Waals surface area contributed by atoms with Gasteiger partial charge in [-0.15, -0.1) is 0 Å². The van der Waals surface area contributed by atoms with Crippen LogP contribution >= 0.6 is 0 Å². The second-order valence-corrected chi connectivity index (χ2v) is 5.69. The Hall–Kier alpha value is -1.98. The third-order valence-electron chi connectivity index (χ3n) is 4.49. The minimum absolute atomic E-state index is 0.00198. The first kappa shape index (κ1) is 13.0. The first-order valence-electron chi connectivity index (χ1n) is 6.79. The topological polar surface area (TPSA) is 72.2 Å². The van der Waals surface area contributed by atoms with E-state index >= 15 is 0 Å². The maximum atomic E-state index is 13.2. The van der Waals surface area contributed by atoms with Crippen LogP contribution in [0.25, 0.3) is 0 Å². The first-order valence-corrected chi connectivity index (χ1v) is 6.79. The van der Waals surface area contributed by atoms with E-state index in [1.54, 1.807) is 0 Å². The Balaban J connectivity index is 1.73. The van der Waals surface area contributed by atoms with Gasteiger partial charge in [-0.3, -0.25) is 14.9 Å². The molecule has 1 aromatic carbocycles. The van der Waals surface area contributed by atoms with E-state index in [-0.39, 0.29) is 17.5 Å². The van der Waals surface area contributed by atoms with E-state index in [4.69, 9.17) is 0 Å². The molecule has 3 atom stereocenters. The van der Waals surface area contributed by atoms with E-state index in [9.17, 15) is 19.3 Å². The van der Waals surface area contributed by atoms with Gasteiger partial charge in [-0.05, 0) is 43.2 Å². The monoisotopic (exact) mass is 278 g/mol. The second kappa shape index (κ2) is 4.85. The highest BCUT2D eigenvalue weighted by atomic mass is 19.1. The summed E-state index contributed by atoms with van der Waals surface area (Å²) in [7, 11) is 0. The molecule has 2 bridgehead atoms. The molecular formula is C14H15FN2O3. The van der Waals surface area contributed by atoms with Gasteiger partial charge in [-0.1, -0.05) is 6.42 Å². The molecule has 1 amide bonds. The number of carbonyl (C=O) groups excluding carboxylic acids is 1. The maximum Gasteiger partial charge on any atom is 0.306 e. The molecule has 20 heavy (non-hydrogen) atoms. The van der Waals surface area contributed by atoms with Crippen LogP contribution in [0.5, 0.6) is 0 Å². The average Bonchev–Trinajstić information content (AvgIpc) is 3.03. The number of benzene rings is 1. The normalized spacial score (nSPS) is 27.6. The molecule has 2 saturated carbocycles. The number of nitrogens with zero attached hydrogens (tertiary/aromatic N) is 1. The van der Waals surface area contributed by atoms with Crippen molar-refractivity contribution in [2.45, 2.75) is 25.7 Å². The Morgan fingerprint density at radius 2 is 2.15 bits per heavy atom. The van der Waals surface area contributed by atoms with Gasteiger partial charge in [0.15, 0.2) is 0 Å². The van der Waals surface area contributed by atoms with Crippen molar-refractivity contribution in [3.05, 3.63) is 34.1 Å². The average molecular weight is 278 g/mol. The first-order chi connectivity index (χ1) is 9.54. The van der Waals surface area contributed by atoms with E-state index in [0.717, 1.165) is 31.4 Å². The van der Waals surface area contributed by atoms with Crippen LogP contribution in [-0.2, 0) is 4.79 Å². The Labute approximate surface area is 115 Å². The molecule has 0 unspecified atom stereocenters. The van der Waals surface area contributed by atoms with E-state index in [1.165, 1.54) is 12.5 Å². The zero-order chi connectivity index (χ0) is 14.3. The van der Waals surface area contributed by atoms with Gasteiger partial charge >= 0.3 is 5.69 Å². The fourth-order valence-corrected chi connectivity index (χ4v) is 3.53. The predicted molar refractivity (Wildman–Crippen MR) is 70.6 cm³/mol. The zero-order valence-corrected chi connectivity index (χ0v) is 10.8. The fourth-order valence-electron chi connectivity index (χ4n) is 3.53. The summed E-state index contributed by atoms with van der Waals surface area (Å²) >= 11 is 0. The van der Waals surface area contributed by atoms with Gasteiger partial charge in [0, 0.05) is 17.7 Å². The quantitative estimate of drug-likeness (QED) is 0.682. The van der Waals surface area contributed by atoms with Gasteiger partial charge in [-0.25, -0.2) is 0 Å². The molecule has 0 aliphatic heterocycles. The molecular weight excluding hydrogens is 263 g/mol. The highest BCUT2D eigenvalue weighted by molar-refractivity contribution is 5.93. The minimum atomic E-state index is -0.895. The molecule has 0 saturated heterocycles. The van der Waals surface area contributed by atoms with Crippen molar-refractivity contribution in [3.8, 4) is 0 Å². The third-order valence-corrected chi connectivity index (χ3v) is 4.49. The molecule has 6 heteroatoms. The Bertz CT molecular complexity index is 576. The molecule has 0 heterocycles. The summed E-state index contributed by atoms with van der Waals surface area (Å²) in [5.74, 6) is 0.0950. The molecule has 0 spiro atoms. The van der Waals surface area contributed by atoms with Crippen LogP contribution in [0.3, 0.4) is 0 Å². The number of hydrogen-bond acceptors (Lipinski definition) is 3. The second-order valence-electron chi connectivity index (χ2n) is 5.69. The molecule has 2 aliphatic carbocycles. The summed E-state index contributed by atoms with van der Waals surface area (Å²) in [5, 5.41) is 13.4. The van der Waals surface area contributed by atoms with Crippen molar-refractivity contribution < 1.29 is 14.1 Å². The summed E-state index contributed by atoms with van der Waals surface area (Å²) in [6.45, 7) is 0. The summed E-state index contributed by atoms with van der Waals surface area (Å²) < 4.78 is 13.2. The number of carbonyl (C=O) groups is 1. The lowest BCUT2D eigenvalue weighted by molar-refractivity contribution is -0.387. The molecule has 5 nitrogen and oxygen atoms in total. The molecule has 2 fully saturated rings. The van der Waals surface area contributed by atoms with Crippen molar-refractivity contribution >= 4 is 17.3 Å². The summed E-state index contributed by atoms with van der Waals surface area (Å²) in [5.41, 5.74) is -0.332. The number of nitro groups is 1. The summed E-state index contributed by atoms with van der Waals surface area (Å²) in [6.07, 6.45) is 4.31. The van der Waals surface area contributed by atoms with Crippen LogP contribution in [-0.4, -0.2) is 10.8 Å². The smallest absolute Gasteiger partial charge is 0.306 e. The Morgan fingerprint density at radius 3 is 2.75 bits per heavy atom. The highest BCUT2D eigenvalue weighted by Crippen LogP contribution is 2.48. The number of rotatable bonds is 3. The Kier molecular flexibility index (Phi) is 3.16. The minimum Gasteiger partial charge on any atom is -0.326 e. The zero-order valence-electron chi connectivity index (χ0n) is 10.8. The van der Waals surface area contributed by atoms with E-state index in [1.807, 2.05) is 0 Å². The standard InChI is InChI=1S/C14H15FN2O3/c15-12-4-3-10(7-13(12)17(19)20)16-14(18)11-6-8-1-2-9(11)5-8/h3-4,7-9,11H,1-2,5-6H2,(H,16,18)/t8-,9-,11+/m0/s1. The lowest BCUT2D eigenvalue weighted by atomic mass is 9.88. The molecule has 1 N–H and O–H groups in total. The number of nitrogens with one attached hydrogen (secondary N) is 1. The van der Waals surface area contributed by atoms with E-state index < -0.39 is 16.4 Å². The van der Waals surface area contributed by atoms with Gasteiger partial charge < -0.3 is 5.32 Å².